The number of nitrogens with zero attached hydrogens (tertiary/aromatic N) is 4. The standard InChI is InChI=1S/C30H40N4O3/c1-20(2)37-19-33-17-21(3)34(30(36)24-10-11-24)27-13-12-25(16-28(27)33)22-6-8-23(9-7-22)29(35)32-15-14-26(18-32)31(4)5/h6-9,12-13,16,20-21,24,26H,10-11,14-15,17-19H2,1-5H3/t21-,26+/m0/s1. The third-order valence-electron chi connectivity index (χ3n) is 7.87. The summed E-state index contributed by atoms with van der Waals surface area (Å²) in [4.78, 5) is 34.6. The van der Waals surface area contributed by atoms with Crippen molar-refractivity contribution in [3.05, 3.63) is 48.0 Å². The van der Waals surface area contributed by atoms with Gasteiger partial charge in [-0.25, -0.2) is 0 Å². The number of hydrogen-bond donors (Lipinski definition) is 0. The number of carbonyl (C=O) groups is 2. The zero-order valence-electron chi connectivity index (χ0n) is 22.8. The molecule has 1 saturated carbocycles. The second-order valence-corrected chi connectivity index (χ2v) is 11.3. The van der Waals surface area contributed by atoms with Gasteiger partial charge in [-0.1, -0.05) is 18.2 Å². The molecule has 5 rings (SSSR count). The van der Waals surface area contributed by atoms with Crippen LogP contribution in [-0.4, -0.2) is 80.3 Å². The number of amides is 2. The highest BCUT2D eigenvalue weighted by Gasteiger charge is 2.40. The summed E-state index contributed by atoms with van der Waals surface area (Å²) in [7, 11) is 4.15. The highest BCUT2D eigenvalue weighted by Crippen LogP contribution is 2.42. The number of fused-ring (bicyclic) bond motifs is 1. The molecule has 2 aromatic carbocycles. The molecule has 1 saturated heterocycles. The minimum absolute atomic E-state index is 0.0881. The number of likely N-dealkylation sites (tertiary alicyclic amines) is 1. The van der Waals surface area contributed by atoms with Crippen LogP contribution in [0.5, 0.6) is 0 Å². The predicted octanol–water partition coefficient (Wildman–Crippen LogP) is 4.46. The van der Waals surface area contributed by atoms with Gasteiger partial charge in [-0.2, -0.15) is 0 Å². The van der Waals surface area contributed by atoms with E-state index in [0.717, 1.165) is 67.0 Å². The third-order valence-corrected chi connectivity index (χ3v) is 7.87. The first-order chi connectivity index (χ1) is 17.7. The van der Waals surface area contributed by atoms with Gasteiger partial charge < -0.3 is 24.3 Å². The van der Waals surface area contributed by atoms with Crippen LogP contribution >= 0.6 is 0 Å². The fraction of sp³-hybridized carbons (Fsp3) is 0.533. The summed E-state index contributed by atoms with van der Waals surface area (Å²) in [6, 6.07) is 14.8. The molecule has 0 N–H and O–H groups in total. The predicted molar refractivity (Wildman–Crippen MR) is 148 cm³/mol. The molecule has 2 heterocycles. The first kappa shape index (κ1) is 25.7. The van der Waals surface area contributed by atoms with Crippen LogP contribution < -0.4 is 9.80 Å². The van der Waals surface area contributed by atoms with Crippen molar-refractivity contribution in [1.29, 1.82) is 0 Å². The third kappa shape index (κ3) is 5.39. The van der Waals surface area contributed by atoms with Gasteiger partial charge in [0.05, 0.1) is 23.5 Å². The molecule has 3 aliphatic rings. The Morgan fingerprint density at radius 1 is 0.973 bits per heavy atom. The lowest BCUT2D eigenvalue weighted by Gasteiger charge is -2.42. The van der Waals surface area contributed by atoms with Crippen LogP contribution in [0.2, 0.25) is 0 Å². The maximum atomic E-state index is 13.2. The van der Waals surface area contributed by atoms with Crippen molar-refractivity contribution < 1.29 is 14.3 Å². The molecule has 7 nitrogen and oxygen atoms in total. The molecule has 0 unspecified atom stereocenters. The van der Waals surface area contributed by atoms with E-state index in [9.17, 15) is 9.59 Å². The molecule has 0 aromatic heterocycles. The molecule has 2 atom stereocenters. The molecule has 37 heavy (non-hydrogen) atoms. The average Bonchev–Trinajstić information content (AvgIpc) is 3.62. The van der Waals surface area contributed by atoms with Crippen molar-refractivity contribution >= 4 is 23.2 Å². The zero-order chi connectivity index (χ0) is 26.3. The Bertz CT molecular complexity index is 1140. The molecule has 2 aliphatic heterocycles. The number of anilines is 2. The Morgan fingerprint density at radius 3 is 2.30 bits per heavy atom. The van der Waals surface area contributed by atoms with Crippen LogP contribution in [0.15, 0.2) is 42.5 Å². The van der Waals surface area contributed by atoms with Gasteiger partial charge in [0.2, 0.25) is 5.91 Å². The van der Waals surface area contributed by atoms with Crippen LogP contribution in [0.4, 0.5) is 11.4 Å². The number of ether oxygens (including phenoxy) is 1. The Labute approximate surface area is 221 Å². The van der Waals surface area contributed by atoms with Gasteiger partial charge in [0.15, 0.2) is 0 Å². The Hall–Kier alpha value is -2.90. The van der Waals surface area contributed by atoms with Crippen LogP contribution in [-0.2, 0) is 9.53 Å². The molecular weight excluding hydrogens is 464 g/mol. The summed E-state index contributed by atoms with van der Waals surface area (Å²) < 4.78 is 5.98. The molecule has 0 bridgehead atoms. The van der Waals surface area contributed by atoms with Crippen molar-refractivity contribution in [2.75, 3.05) is 50.3 Å². The summed E-state index contributed by atoms with van der Waals surface area (Å²) in [5.41, 5.74) is 4.83. The smallest absolute Gasteiger partial charge is 0.253 e. The van der Waals surface area contributed by atoms with Crippen molar-refractivity contribution in [2.45, 2.75) is 58.2 Å². The lowest BCUT2D eigenvalue weighted by atomic mass is 9.99. The highest BCUT2D eigenvalue weighted by molar-refractivity contribution is 6.01. The van der Waals surface area contributed by atoms with E-state index in [1.54, 1.807) is 0 Å². The van der Waals surface area contributed by atoms with E-state index >= 15 is 0 Å². The van der Waals surface area contributed by atoms with Crippen LogP contribution in [0.3, 0.4) is 0 Å². The first-order valence-electron chi connectivity index (χ1n) is 13.6. The number of likely N-dealkylation sites (N-methyl/N-ethyl adjacent to an activating group) is 1. The molecule has 0 spiro atoms. The first-order valence-corrected chi connectivity index (χ1v) is 13.6. The minimum Gasteiger partial charge on any atom is -0.358 e. The van der Waals surface area contributed by atoms with Gasteiger partial charge in [-0.15, -0.1) is 0 Å². The summed E-state index contributed by atoms with van der Waals surface area (Å²) in [5, 5.41) is 0. The molecule has 2 amide bonds. The molecule has 7 heteroatoms. The topological polar surface area (TPSA) is 56.3 Å². The monoisotopic (exact) mass is 504 g/mol. The fourth-order valence-corrected chi connectivity index (χ4v) is 5.46. The van der Waals surface area contributed by atoms with E-state index in [1.165, 1.54) is 0 Å². The van der Waals surface area contributed by atoms with Crippen molar-refractivity contribution in [3.8, 4) is 11.1 Å². The fourth-order valence-electron chi connectivity index (χ4n) is 5.46. The lowest BCUT2D eigenvalue weighted by molar-refractivity contribution is -0.120. The second-order valence-electron chi connectivity index (χ2n) is 11.3. The molecule has 2 aromatic rings. The van der Waals surface area contributed by atoms with Crippen LogP contribution in [0, 0.1) is 5.92 Å². The average molecular weight is 505 g/mol. The number of hydrogen-bond acceptors (Lipinski definition) is 5. The maximum absolute atomic E-state index is 13.2. The zero-order valence-corrected chi connectivity index (χ0v) is 22.8. The van der Waals surface area contributed by atoms with Gasteiger partial charge in [-0.3, -0.25) is 9.59 Å². The molecule has 1 aliphatic carbocycles. The van der Waals surface area contributed by atoms with Gasteiger partial charge in [0.1, 0.15) is 6.73 Å². The van der Waals surface area contributed by atoms with Gasteiger partial charge in [0, 0.05) is 37.2 Å². The molecule has 2 fully saturated rings. The molecule has 0 radical (unpaired) electrons. The second kappa shape index (κ2) is 10.5. The summed E-state index contributed by atoms with van der Waals surface area (Å²) in [6.07, 6.45) is 3.13. The van der Waals surface area contributed by atoms with Gasteiger partial charge in [0.25, 0.3) is 5.91 Å². The SMILES string of the molecule is CC(C)OCN1C[C@H](C)N(C(=O)C2CC2)c2ccc(-c3ccc(C(=O)N4CC[C@@H](N(C)C)C4)cc3)cc21. The molecular formula is C30H40N4O3. The number of benzene rings is 2. The van der Waals surface area contributed by atoms with E-state index in [-0.39, 0.29) is 29.9 Å². The Kier molecular flexibility index (Phi) is 7.28. The Balaban J connectivity index is 1.39. The van der Waals surface area contributed by atoms with E-state index in [0.29, 0.717) is 12.8 Å². The summed E-state index contributed by atoms with van der Waals surface area (Å²) in [5.74, 6) is 0.510. The largest absolute Gasteiger partial charge is 0.358 e. The lowest BCUT2D eigenvalue weighted by Crippen LogP contribution is -2.51. The summed E-state index contributed by atoms with van der Waals surface area (Å²) >= 11 is 0. The van der Waals surface area contributed by atoms with E-state index in [4.69, 9.17) is 4.74 Å². The number of rotatable bonds is 7. The highest BCUT2D eigenvalue weighted by atomic mass is 16.5. The quantitative estimate of drug-likeness (QED) is 0.557. The maximum Gasteiger partial charge on any atom is 0.253 e. The molecule has 198 valence electrons. The normalized spacial score (nSPS) is 21.6. The van der Waals surface area contributed by atoms with E-state index in [1.807, 2.05) is 47.9 Å². The summed E-state index contributed by atoms with van der Waals surface area (Å²) in [6.45, 7) is 9.01. The number of carbonyl (C=O) groups excluding carboxylic acids is 2. The van der Waals surface area contributed by atoms with Crippen LogP contribution in [0.25, 0.3) is 11.1 Å². The van der Waals surface area contributed by atoms with Gasteiger partial charge in [-0.05, 0) is 89.5 Å². The van der Waals surface area contributed by atoms with Crippen molar-refractivity contribution in [3.63, 3.8) is 0 Å². The minimum atomic E-state index is 0.0881. The van der Waals surface area contributed by atoms with Gasteiger partial charge >= 0.3 is 0 Å². The van der Waals surface area contributed by atoms with Crippen molar-refractivity contribution in [1.82, 2.24) is 9.80 Å². The van der Waals surface area contributed by atoms with E-state index < -0.39 is 0 Å². The Morgan fingerprint density at radius 2 is 1.68 bits per heavy atom. The van der Waals surface area contributed by atoms with E-state index in [2.05, 4.69) is 49.0 Å². The van der Waals surface area contributed by atoms with Crippen LogP contribution in [0.1, 0.15) is 50.4 Å². The van der Waals surface area contributed by atoms with Crippen molar-refractivity contribution in [2.24, 2.45) is 5.92 Å².